The van der Waals surface area contributed by atoms with Gasteiger partial charge in [0.1, 0.15) is 11.5 Å². The summed E-state index contributed by atoms with van der Waals surface area (Å²) in [5.41, 5.74) is 2.84. The van der Waals surface area contributed by atoms with Gasteiger partial charge in [0.05, 0.1) is 22.7 Å². The molecule has 1 heterocycles. The van der Waals surface area contributed by atoms with Gasteiger partial charge in [-0.2, -0.15) is 8.78 Å². The minimum absolute atomic E-state index is 0.0131. The summed E-state index contributed by atoms with van der Waals surface area (Å²) in [5, 5.41) is 7.00. The highest BCUT2D eigenvalue weighted by Gasteiger charge is 2.15. The van der Waals surface area contributed by atoms with Crippen molar-refractivity contribution in [2.45, 2.75) is 20.1 Å². The molecule has 0 aliphatic carbocycles. The van der Waals surface area contributed by atoms with Crippen LogP contribution < -0.4 is 20.1 Å². The van der Waals surface area contributed by atoms with Crippen LogP contribution in [-0.4, -0.2) is 30.4 Å². The van der Waals surface area contributed by atoms with E-state index in [4.69, 9.17) is 4.74 Å². The zero-order chi connectivity index (χ0) is 24.5. The summed E-state index contributed by atoms with van der Waals surface area (Å²) in [7, 11) is 0. The Morgan fingerprint density at radius 2 is 1.91 bits per heavy atom. The number of hydrogen-bond donors (Lipinski definition) is 2. The number of anilines is 1. The van der Waals surface area contributed by atoms with Gasteiger partial charge in [-0.25, -0.2) is 0 Å². The van der Waals surface area contributed by atoms with Gasteiger partial charge in [0, 0.05) is 23.8 Å². The zero-order valence-corrected chi connectivity index (χ0v) is 19.6. The minimum atomic E-state index is -2.91. The summed E-state index contributed by atoms with van der Waals surface area (Å²) in [4.78, 5) is 17.7. The largest absolute Gasteiger partial charge is 0.494 e. The Bertz CT molecular complexity index is 1180. The predicted molar refractivity (Wildman–Crippen MR) is 132 cm³/mol. The molecule has 6 nitrogen and oxygen atoms in total. The van der Waals surface area contributed by atoms with Crippen LogP contribution in [0.4, 0.5) is 14.5 Å². The Kier molecular flexibility index (Phi) is 8.86. The minimum Gasteiger partial charge on any atom is -0.494 e. The molecule has 0 spiro atoms. The van der Waals surface area contributed by atoms with Crippen LogP contribution in [0.2, 0.25) is 0 Å². The maximum Gasteiger partial charge on any atom is 0.387 e. The Morgan fingerprint density at radius 1 is 1.18 bits per heavy atom. The number of nitrogens with one attached hydrogen (secondary N) is 2. The molecule has 0 fully saturated rings. The first-order chi connectivity index (χ1) is 16.4. The van der Waals surface area contributed by atoms with E-state index in [2.05, 4.69) is 26.9 Å². The van der Waals surface area contributed by atoms with E-state index >= 15 is 0 Å². The molecule has 34 heavy (non-hydrogen) atoms. The van der Waals surface area contributed by atoms with Crippen LogP contribution in [-0.2, 0) is 11.3 Å². The monoisotopic (exact) mass is 485 g/mol. The quantitative estimate of drug-likeness (QED) is 0.267. The number of alkyl halides is 2. The van der Waals surface area contributed by atoms with E-state index in [1.165, 1.54) is 36.0 Å². The van der Waals surface area contributed by atoms with Crippen molar-refractivity contribution in [2.24, 2.45) is 0 Å². The lowest BCUT2D eigenvalue weighted by molar-refractivity contribution is -0.112. The van der Waals surface area contributed by atoms with Crippen molar-refractivity contribution in [1.82, 2.24) is 10.3 Å². The molecule has 3 rings (SSSR count). The van der Waals surface area contributed by atoms with Gasteiger partial charge in [-0.1, -0.05) is 6.58 Å². The van der Waals surface area contributed by atoms with E-state index in [1.54, 1.807) is 18.5 Å². The van der Waals surface area contributed by atoms with Gasteiger partial charge in [0.25, 0.3) is 5.91 Å². The van der Waals surface area contributed by atoms with Crippen LogP contribution in [0.1, 0.15) is 12.5 Å². The molecule has 1 aromatic heterocycles. The third kappa shape index (κ3) is 6.48. The second-order valence-corrected chi connectivity index (χ2v) is 7.76. The summed E-state index contributed by atoms with van der Waals surface area (Å²) in [5.74, 6) is 0.424. The summed E-state index contributed by atoms with van der Waals surface area (Å²) >= 11 is 1.27. The van der Waals surface area contributed by atoms with Crippen LogP contribution in [0.3, 0.4) is 0 Å². The number of ether oxygens (including phenoxy) is 2. The van der Waals surface area contributed by atoms with Crippen molar-refractivity contribution < 1.29 is 23.0 Å². The summed E-state index contributed by atoms with van der Waals surface area (Å²) in [6.45, 7) is 3.86. The topological polar surface area (TPSA) is 72.5 Å². The first kappa shape index (κ1) is 25.0. The van der Waals surface area contributed by atoms with Crippen LogP contribution in [0.15, 0.2) is 78.0 Å². The van der Waals surface area contributed by atoms with Crippen molar-refractivity contribution in [1.29, 1.82) is 0 Å². The Morgan fingerprint density at radius 3 is 2.56 bits per heavy atom. The average Bonchev–Trinajstić information content (AvgIpc) is 2.82. The van der Waals surface area contributed by atoms with E-state index in [-0.39, 0.29) is 11.7 Å². The van der Waals surface area contributed by atoms with Gasteiger partial charge in [0.2, 0.25) is 0 Å². The van der Waals surface area contributed by atoms with Gasteiger partial charge in [0.15, 0.2) is 0 Å². The number of nitrogens with zero attached hydrogens (tertiary/aromatic N) is 1. The van der Waals surface area contributed by atoms with E-state index in [0.717, 1.165) is 22.2 Å². The molecular weight excluding hydrogens is 460 g/mol. The number of benzene rings is 2. The number of amides is 1. The molecule has 0 aliphatic heterocycles. The number of carbonyl (C=O) groups excluding carboxylic acids is 1. The molecule has 178 valence electrons. The van der Waals surface area contributed by atoms with Gasteiger partial charge in [-0.05, 0) is 73.3 Å². The van der Waals surface area contributed by atoms with Crippen LogP contribution in [0.5, 0.6) is 11.5 Å². The molecule has 0 bridgehead atoms. The number of thioether (sulfide) groups is 1. The number of carbonyl (C=O) groups is 1. The van der Waals surface area contributed by atoms with Crippen molar-refractivity contribution in [3.8, 4) is 11.5 Å². The Labute approximate surface area is 201 Å². The molecule has 0 aliphatic rings. The van der Waals surface area contributed by atoms with E-state index in [1.807, 2.05) is 31.2 Å². The average molecular weight is 486 g/mol. The lowest BCUT2D eigenvalue weighted by Crippen LogP contribution is -2.20. The fraction of sp³-hybridized carbons (Fsp3) is 0.200. The summed E-state index contributed by atoms with van der Waals surface area (Å²) in [6.07, 6.45) is 5.11. The predicted octanol–water partition coefficient (Wildman–Crippen LogP) is 5.72. The van der Waals surface area contributed by atoms with Crippen LogP contribution >= 0.6 is 11.8 Å². The zero-order valence-electron chi connectivity index (χ0n) is 18.8. The maximum absolute atomic E-state index is 12.9. The number of aromatic nitrogens is 1. The number of hydrogen-bond acceptors (Lipinski definition) is 6. The van der Waals surface area contributed by atoms with Gasteiger partial charge < -0.3 is 20.1 Å². The second kappa shape index (κ2) is 12.0. The number of fused-ring (bicyclic) bond motifs is 1. The number of allylic oxidation sites excluding steroid dienone is 1. The highest BCUT2D eigenvalue weighted by molar-refractivity contribution is 8.03. The molecular formula is C25H25F2N3O3S. The molecule has 0 radical (unpaired) electrons. The highest BCUT2D eigenvalue weighted by Crippen LogP contribution is 2.25. The lowest BCUT2D eigenvalue weighted by atomic mass is 10.1. The standard InChI is InChI=1S/C25H25F2N3O3S/c1-4-21(23(34-3)24(31)30-17-6-8-18(9-7-17)33-25(26)27)29-15-16-12-13-28-22-11-10-19(32-5-2)14-20(16)22/h4,6-14,25,29H,1,5,15H2,2-3H3,(H,30,31)/b23-21+. The number of rotatable bonds is 11. The molecule has 3 aromatic rings. The Hall–Kier alpha value is -3.59. The first-order valence-electron chi connectivity index (χ1n) is 10.5. The molecule has 0 saturated heterocycles. The lowest BCUT2D eigenvalue weighted by Gasteiger charge is -2.15. The van der Waals surface area contributed by atoms with Crippen molar-refractivity contribution in [2.75, 3.05) is 18.2 Å². The number of pyridine rings is 1. The van der Waals surface area contributed by atoms with Gasteiger partial charge >= 0.3 is 6.61 Å². The fourth-order valence-corrected chi connectivity index (χ4v) is 3.87. The first-order valence-corrected chi connectivity index (χ1v) is 11.7. The second-order valence-electron chi connectivity index (χ2n) is 6.94. The SMILES string of the molecule is C=C/C(NCc1ccnc2ccc(OCC)cc12)=C(\SC)C(=O)Nc1ccc(OC(F)F)cc1. The molecule has 9 heteroatoms. The molecule has 2 N–H and O–H groups in total. The number of halogens is 2. The van der Waals surface area contributed by atoms with Crippen molar-refractivity contribution in [3.63, 3.8) is 0 Å². The molecule has 1 amide bonds. The maximum atomic E-state index is 12.9. The fourth-order valence-electron chi connectivity index (χ4n) is 3.26. The molecule has 0 atom stereocenters. The van der Waals surface area contributed by atoms with Crippen LogP contribution in [0.25, 0.3) is 10.9 Å². The van der Waals surface area contributed by atoms with Gasteiger partial charge in [-0.15, -0.1) is 11.8 Å². The molecule has 2 aromatic carbocycles. The molecule has 0 unspecified atom stereocenters. The Balaban J connectivity index is 1.77. The van der Waals surface area contributed by atoms with Gasteiger partial charge in [-0.3, -0.25) is 9.78 Å². The normalized spacial score (nSPS) is 11.7. The third-order valence-corrected chi connectivity index (χ3v) is 5.59. The van der Waals surface area contributed by atoms with E-state index in [9.17, 15) is 13.6 Å². The van der Waals surface area contributed by atoms with E-state index in [0.29, 0.717) is 29.4 Å². The summed E-state index contributed by atoms with van der Waals surface area (Å²) in [6, 6.07) is 13.4. The third-order valence-electron chi connectivity index (χ3n) is 4.78. The van der Waals surface area contributed by atoms with Crippen molar-refractivity contribution in [3.05, 3.63) is 83.5 Å². The molecule has 0 saturated carbocycles. The van der Waals surface area contributed by atoms with Crippen molar-refractivity contribution >= 4 is 34.3 Å². The highest BCUT2D eigenvalue weighted by atomic mass is 32.2. The summed E-state index contributed by atoms with van der Waals surface area (Å²) < 4.78 is 34.6. The van der Waals surface area contributed by atoms with E-state index < -0.39 is 6.61 Å². The van der Waals surface area contributed by atoms with Crippen LogP contribution in [0, 0.1) is 0 Å². The smallest absolute Gasteiger partial charge is 0.387 e.